The summed E-state index contributed by atoms with van der Waals surface area (Å²) in [5.74, 6) is 0. The van der Waals surface area contributed by atoms with E-state index in [9.17, 15) is 0 Å². The third-order valence-corrected chi connectivity index (χ3v) is 2.23. The molecule has 11 heavy (non-hydrogen) atoms. The molecule has 0 atom stereocenters. The van der Waals surface area contributed by atoms with Crippen molar-refractivity contribution in [2.24, 2.45) is 0 Å². The fourth-order valence-electron chi connectivity index (χ4n) is 1.60. The zero-order chi connectivity index (χ0) is 7.84. The lowest BCUT2D eigenvalue weighted by atomic mass is 10.1. The summed E-state index contributed by atoms with van der Waals surface area (Å²) in [4.78, 5) is 2.06. The van der Waals surface area contributed by atoms with E-state index >= 15 is 0 Å². The van der Waals surface area contributed by atoms with Crippen molar-refractivity contribution in [3.05, 3.63) is 36.4 Å². The van der Waals surface area contributed by atoms with E-state index in [4.69, 9.17) is 0 Å². The molecular formula is C10H12N-. The van der Waals surface area contributed by atoms with Crippen molar-refractivity contribution in [2.75, 3.05) is 11.4 Å². The van der Waals surface area contributed by atoms with E-state index in [1.54, 1.807) is 0 Å². The Kier molecular flexibility index (Phi) is 1.38. The number of hydrogen-bond donors (Lipinski definition) is 0. The Morgan fingerprint density at radius 3 is 3.09 bits per heavy atom. The van der Waals surface area contributed by atoms with Gasteiger partial charge in [-0.2, -0.15) is 0 Å². The van der Waals surface area contributed by atoms with Gasteiger partial charge in [-0.25, -0.2) is 0 Å². The van der Waals surface area contributed by atoms with Crippen LogP contribution in [-0.2, 0) is 6.42 Å². The molecule has 1 heteroatoms. The van der Waals surface area contributed by atoms with Crippen LogP contribution in [0.2, 0.25) is 0 Å². The Labute approximate surface area is 67.6 Å². The molecule has 0 aliphatic carbocycles. The van der Waals surface area contributed by atoms with Crippen LogP contribution in [0, 0.1) is 14.0 Å². The molecule has 2 rings (SSSR count). The van der Waals surface area contributed by atoms with Gasteiger partial charge in [0.25, 0.3) is 0 Å². The monoisotopic (exact) mass is 146 g/mol. The van der Waals surface area contributed by atoms with Crippen LogP contribution < -0.4 is 4.90 Å². The maximum absolute atomic E-state index is 3.94. The van der Waals surface area contributed by atoms with E-state index < -0.39 is 0 Å². The van der Waals surface area contributed by atoms with E-state index in [0.29, 0.717) is 0 Å². The van der Waals surface area contributed by atoms with Gasteiger partial charge in [-0.05, 0) is 31.5 Å². The summed E-state index contributed by atoms with van der Waals surface area (Å²) in [5.41, 5.74) is 4.09. The standard InChI is InChI=1S/C10H12N/c1-8-3-4-10-9(7-8)5-6-11(10)2/h3-4,7H,2,5-6H2,1H3/q-1. The van der Waals surface area contributed by atoms with Crippen molar-refractivity contribution in [1.29, 1.82) is 0 Å². The molecule has 1 aromatic carbocycles. The fourth-order valence-corrected chi connectivity index (χ4v) is 1.60. The average Bonchev–Trinajstić information content (AvgIpc) is 2.32. The van der Waals surface area contributed by atoms with Gasteiger partial charge < -0.3 is 4.90 Å². The molecule has 0 saturated heterocycles. The molecule has 1 aliphatic heterocycles. The van der Waals surface area contributed by atoms with Crippen LogP contribution in [0.3, 0.4) is 0 Å². The quantitative estimate of drug-likeness (QED) is 0.507. The van der Waals surface area contributed by atoms with Gasteiger partial charge in [0.05, 0.1) is 0 Å². The number of rotatable bonds is 0. The van der Waals surface area contributed by atoms with Crippen LogP contribution in [0.4, 0.5) is 5.69 Å². The fraction of sp³-hybridized carbons (Fsp3) is 0.300. The lowest BCUT2D eigenvalue weighted by Crippen LogP contribution is -2.08. The second-order valence-corrected chi connectivity index (χ2v) is 3.15. The van der Waals surface area contributed by atoms with Gasteiger partial charge in [0.2, 0.25) is 0 Å². The number of anilines is 1. The van der Waals surface area contributed by atoms with Crippen molar-refractivity contribution in [1.82, 2.24) is 0 Å². The van der Waals surface area contributed by atoms with E-state index in [1.165, 1.54) is 16.8 Å². The van der Waals surface area contributed by atoms with E-state index in [2.05, 4.69) is 37.1 Å². The summed E-state index contributed by atoms with van der Waals surface area (Å²) < 4.78 is 0. The van der Waals surface area contributed by atoms with Crippen molar-refractivity contribution in [2.45, 2.75) is 13.3 Å². The Balaban J connectivity index is 2.50. The van der Waals surface area contributed by atoms with Crippen LogP contribution in [0.5, 0.6) is 0 Å². The SMILES string of the molecule is [CH2-]N1CCc2cc(C)ccc21. The molecule has 1 aromatic rings. The summed E-state index contributed by atoms with van der Waals surface area (Å²) >= 11 is 0. The molecule has 0 aromatic heterocycles. The van der Waals surface area contributed by atoms with Crippen LogP contribution in [0.15, 0.2) is 18.2 Å². The maximum atomic E-state index is 3.94. The van der Waals surface area contributed by atoms with Crippen molar-refractivity contribution < 1.29 is 0 Å². The lowest BCUT2D eigenvalue weighted by molar-refractivity contribution is 0.990. The average molecular weight is 146 g/mol. The van der Waals surface area contributed by atoms with Gasteiger partial charge in [0, 0.05) is 5.69 Å². The first kappa shape index (κ1) is 6.71. The molecule has 1 nitrogen and oxygen atoms in total. The Bertz CT molecular complexity index is 278. The summed E-state index contributed by atoms with van der Waals surface area (Å²) in [6.07, 6.45) is 1.15. The first-order chi connectivity index (χ1) is 5.27. The van der Waals surface area contributed by atoms with Crippen LogP contribution >= 0.6 is 0 Å². The van der Waals surface area contributed by atoms with E-state index in [1.807, 2.05) is 0 Å². The van der Waals surface area contributed by atoms with Gasteiger partial charge in [-0.15, -0.1) is 0 Å². The molecule has 58 valence electrons. The molecule has 0 bridgehead atoms. The molecular weight excluding hydrogens is 134 g/mol. The smallest absolute Gasteiger partial charge is 0.0102 e. The second-order valence-electron chi connectivity index (χ2n) is 3.15. The zero-order valence-electron chi connectivity index (χ0n) is 6.80. The van der Waals surface area contributed by atoms with Gasteiger partial charge in [0.15, 0.2) is 0 Å². The molecule has 0 saturated carbocycles. The zero-order valence-corrected chi connectivity index (χ0v) is 6.80. The number of aryl methyl sites for hydroxylation is 1. The second kappa shape index (κ2) is 2.26. The number of hydrogen-bond acceptors (Lipinski definition) is 1. The van der Waals surface area contributed by atoms with Gasteiger partial charge >= 0.3 is 0 Å². The summed E-state index contributed by atoms with van der Waals surface area (Å²) in [6, 6.07) is 6.55. The topological polar surface area (TPSA) is 3.24 Å². The Morgan fingerprint density at radius 1 is 1.45 bits per heavy atom. The number of benzene rings is 1. The van der Waals surface area contributed by atoms with Gasteiger partial charge in [-0.3, -0.25) is 7.05 Å². The third kappa shape index (κ3) is 1.01. The minimum Gasteiger partial charge on any atom is -0.525 e. The molecule has 0 N–H and O–H groups in total. The Morgan fingerprint density at radius 2 is 2.27 bits per heavy atom. The molecule has 0 unspecified atom stereocenters. The highest BCUT2D eigenvalue weighted by atomic mass is 15.1. The number of nitrogens with zero attached hydrogens (tertiary/aromatic N) is 1. The minimum absolute atomic E-state index is 1.07. The van der Waals surface area contributed by atoms with Crippen LogP contribution in [-0.4, -0.2) is 6.54 Å². The lowest BCUT2D eigenvalue weighted by Gasteiger charge is -2.21. The highest BCUT2D eigenvalue weighted by molar-refractivity contribution is 5.59. The molecule has 0 spiro atoms. The Hall–Kier alpha value is -0.980. The highest BCUT2D eigenvalue weighted by Gasteiger charge is 2.10. The molecule has 0 fully saturated rings. The normalized spacial score (nSPS) is 15.3. The van der Waals surface area contributed by atoms with E-state index in [-0.39, 0.29) is 0 Å². The third-order valence-electron chi connectivity index (χ3n) is 2.23. The van der Waals surface area contributed by atoms with Crippen molar-refractivity contribution in [3.63, 3.8) is 0 Å². The predicted molar refractivity (Wildman–Crippen MR) is 47.6 cm³/mol. The molecule has 0 radical (unpaired) electrons. The minimum atomic E-state index is 1.07. The summed E-state index contributed by atoms with van der Waals surface area (Å²) in [5, 5.41) is 0. The summed E-state index contributed by atoms with van der Waals surface area (Å²) in [7, 11) is 3.94. The largest absolute Gasteiger partial charge is 0.525 e. The van der Waals surface area contributed by atoms with Gasteiger partial charge in [-0.1, -0.05) is 17.7 Å². The first-order valence-electron chi connectivity index (χ1n) is 3.95. The molecule has 0 amide bonds. The van der Waals surface area contributed by atoms with Crippen LogP contribution in [0.1, 0.15) is 11.1 Å². The predicted octanol–water partition coefficient (Wildman–Crippen LogP) is 2.15. The van der Waals surface area contributed by atoms with Crippen molar-refractivity contribution >= 4 is 5.69 Å². The maximum Gasteiger partial charge on any atom is 0.0102 e. The highest BCUT2D eigenvalue weighted by Crippen LogP contribution is 2.27. The number of fused-ring (bicyclic) bond motifs is 1. The first-order valence-corrected chi connectivity index (χ1v) is 3.95. The summed E-state index contributed by atoms with van der Waals surface area (Å²) in [6.45, 7) is 3.20. The molecule has 1 aliphatic rings. The van der Waals surface area contributed by atoms with Crippen LogP contribution in [0.25, 0.3) is 0 Å². The molecule has 1 heterocycles. The van der Waals surface area contributed by atoms with E-state index in [0.717, 1.165) is 13.0 Å². The van der Waals surface area contributed by atoms with Crippen molar-refractivity contribution in [3.8, 4) is 0 Å². The van der Waals surface area contributed by atoms with Gasteiger partial charge in [0.1, 0.15) is 0 Å².